The number of methoxy groups -OCH3 is 1. The number of carbonyl (C=O) groups is 1. The lowest BCUT2D eigenvalue weighted by Crippen LogP contribution is -2.20. The SMILES string of the molecule is CCCCc1cc(=O)oc2cc(OC(C(=O)OC)c3ccccc3)ccc12. The maximum Gasteiger partial charge on any atom is 0.351 e. The van der Waals surface area contributed by atoms with Crippen molar-refractivity contribution in [2.45, 2.75) is 32.3 Å². The first-order valence-electron chi connectivity index (χ1n) is 8.98. The van der Waals surface area contributed by atoms with Crippen LogP contribution in [0.3, 0.4) is 0 Å². The van der Waals surface area contributed by atoms with Crippen LogP contribution in [0.4, 0.5) is 0 Å². The lowest BCUT2D eigenvalue weighted by molar-refractivity contribution is -0.149. The molecule has 0 saturated carbocycles. The molecule has 0 N–H and O–H groups in total. The number of esters is 1. The van der Waals surface area contributed by atoms with Crippen LogP contribution < -0.4 is 10.4 Å². The lowest BCUT2D eigenvalue weighted by atomic mass is 10.0. The molecule has 0 aliphatic carbocycles. The van der Waals surface area contributed by atoms with Gasteiger partial charge in [-0.25, -0.2) is 9.59 Å². The highest BCUT2D eigenvalue weighted by atomic mass is 16.6. The van der Waals surface area contributed by atoms with E-state index in [0.29, 0.717) is 16.9 Å². The Bertz CT molecular complexity index is 975. The third-order valence-electron chi connectivity index (χ3n) is 4.37. The van der Waals surface area contributed by atoms with Crippen LogP contribution in [0.5, 0.6) is 5.75 Å². The zero-order chi connectivity index (χ0) is 19.2. The van der Waals surface area contributed by atoms with E-state index in [1.165, 1.54) is 7.11 Å². The number of hydrogen-bond donors (Lipinski definition) is 0. The van der Waals surface area contributed by atoms with Gasteiger partial charge in [0.1, 0.15) is 11.3 Å². The predicted molar refractivity (Wildman–Crippen MR) is 103 cm³/mol. The van der Waals surface area contributed by atoms with Crippen molar-refractivity contribution in [1.29, 1.82) is 0 Å². The standard InChI is InChI=1S/C22H22O5/c1-3-4-8-16-13-20(23)27-19-14-17(11-12-18(16)19)26-21(22(24)25-2)15-9-6-5-7-10-15/h5-7,9-14,21H,3-4,8H2,1-2H3. The van der Waals surface area contributed by atoms with E-state index in [0.717, 1.165) is 30.2 Å². The Kier molecular flexibility index (Phi) is 5.91. The summed E-state index contributed by atoms with van der Waals surface area (Å²) in [5.41, 5.74) is 1.70. The zero-order valence-electron chi connectivity index (χ0n) is 15.4. The van der Waals surface area contributed by atoms with Gasteiger partial charge < -0.3 is 13.9 Å². The topological polar surface area (TPSA) is 65.7 Å². The Balaban J connectivity index is 1.96. The highest BCUT2D eigenvalue weighted by molar-refractivity contribution is 5.82. The number of carbonyl (C=O) groups excluding carboxylic acids is 1. The predicted octanol–water partition coefficient (Wildman–Crippen LogP) is 4.43. The van der Waals surface area contributed by atoms with Crippen molar-refractivity contribution in [2.75, 3.05) is 7.11 Å². The number of aryl methyl sites for hydroxylation is 1. The average Bonchev–Trinajstić information content (AvgIpc) is 2.69. The minimum atomic E-state index is -0.899. The first-order valence-corrected chi connectivity index (χ1v) is 8.98. The van der Waals surface area contributed by atoms with Crippen molar-refractivity contribution in [3.05, 3.63) is 76.1 Å². The van der Waals surface area contributed by atoms with Gasteiger partial charge in [-0.15, -0.1) is 0 Å². The largest absolute Gasteiger partial charge is 0.474 e. The second kappa shape index (κ2) is 8.54. The van der Waals surface area contributed by atoms with Crippen molar-refractivity contribution >= 4 is 16.9 Å². The van der Waals surface area contributed by atoms with Crippen molar-refractivity contribution in [3.63, 3.8) is 0 Å². The van der Waals surface area contributed by atoms with Crippen LogP contribution in [0.15, 0.2) is 63.8 Å². The summed E-state index contributed by atoms with van der Waals surface area (Å²) in [5, 5.41) is 0.879. The molecular formula is C22H22O5. The molecule has 0 saturated heterocycles. The first kappa shape index (κ1) is 18.7. The van der Waals surface area contributed by atoms with E-state index in [4.69, 9.17) is 13.9 Å². The molecule has 1 aromatic heterocycles. The maximum absolute atomic E-state index is 12.2. The smallest absolute Gasteiger partial charge is 0.351 e. The second-order valence-electron chi connectivity index (χ2n) is 6.28. The van der Waals surface area contributed by atoms with Crippen molar-refractivity contribution in [1.82, 2.24) is 0 Å². The van der Waals surface area contributed by atoms with E-state index < -0.39 is 17.7 Å². The number of hydrogen-bond acceptors (Lipinski definition) is 5. The maximum atomic E-state index is 12.2. The molecule has 5 heteroatoms. The summed E-state index contributed by atoms with van der Waals surface area (Å²) in [6.07, 6.45) is 1.95. The van der Waals surface area contributed by atoms with Gasteiger partial charge in [-0.1, -0.05) is 43.7 Å². The van der Waals surface area contributed by atoms with E-state index >= 15 is 0 Å². The van der Waals surface area contributed by atoms with Crippen LogP contribution in [0.2, 0.25) is 0 Å². The number of rotatable bonds is 7. The van der Waals surface area contributed by atoms with E-state index in [9.17, 15) is 9.59 Å². The molecule has 0 fully saturated rings. The lowest BCUT2D eigenvalue weighted by Gasteiger charge is -2.17. The van der Waals surface area contributed by atoms with Gasteiger partial charge in [0.05, 0.1) is 7.11 Å². The van der Waals surface area contributed by atoms with Gasteiger partial charge >= 0.3 is 11.6 Å². The van der Waals surface area contributed by atoms with Gasteiger partial charge in [0.25, 0.3) is 0 Å². The Morgan fingerprint density at radius 2 is 1.89 bits per heavy atom. The monoisotopic (exact) mass is 366 g/mol. The van der Waals surface area contributed by atoms with Gasteiger partial charge in [-0.05, 0) is 30.5 Å². The molecule has 5 nitrogen and oxygen atoms in total. The highest BCUT2D eigenvalue weighted by Gasteiger charge is 2.23. The van der Waals surface area contributed by atoms with Crippen LogP contribution in [0.1, 0.15) is 37.0 Å². The van der Waals surface area contributed by atoms with Crippen LogP contribution in [-0.2, 0) is 16.0 Å². The molecule has 3 aromatic rings. The molecular weight excluding hydrogens is 344 g/mol. The summed E-state index contributed by atoms with van der Waals surface area (Å²) in [7, 11) is 1.32. The molecule has 0 aliphatic rings. The summed E-state index contributed by atoms with van der Waals surface area (Å²) in [5.74, 6) is -0.0722. The summed E-state index contributed by atoms with van der Waals surface area (Å²) in [4.78, 5) is 24.1. The van der Waals surface area contributed by atoms with Crippen molar-refractivity contribution in [3.8, 4) is 5.75 Å². The fourth-order valence-corrected chi connectivity index (χ4v) is 2.98. The molecule has 140 valence electrons. The quantitative estimate of drug-likeness (QED) is 0.457. The number of fused-ring (bicyclic) bond motifs is 1. The van der Waals surface area contributed by atoms with Crippen molar-refractivity contribution in [2.24, 2.45) is 0 Å². The van der Waals surface area contributed by atoms with Gasteiger partial charge in [0, 0.05) is 23.1 Å². The minimum Gasteiger partial charge on any atom is -0.474 e. The molecule has 0 spiro atoms. The molecule has 3 rings (SSSR count). The third kappa shape index (κ3) is 4.37. The molecule has 0 radical (unpaired) electrons. The number of benzene rings is 2. The minimum absolute atomic E-state index is 0.390. The molecule has 0 bridgehead atoms. The summed E-state index contributed by atoms with van der Waals surface area (Å²) in [6, 6.07) is 15.9. The van der Waals surface area contributed by atoms with Gasteiger partial charge in [0.2, 0.25) is 6.10 Å². The zero-order valence-corrected chi connectivity index (χ0v) is 15.4. The van der Waals surface area contributed by atoms with Crippen LogP contribution in [0.25, 0.3) is 11.0 Å². The third-order valence-corrected chi connectivity index (χ3v) is 4.37. The van der Waals surface area contributed by atoms with Gasteiger partial charge in [-0.2, -0.15) is 0 Å². The first-order chi connectivity index (χ1) is 13.1. The molecule has 0 aliphatic heterocycles. The fourth-order valence-electron chi connectivity index (χ4n) is 2.98. The van der Waals surface area contributed by atoms with Crippen LogP contribution in [0, 0.1) is 0 Å². The molecule has 1 heterocycles. The molecule has 27 heavy (non-hydrogen) atoms. The summed E-state index contributed by atoms with van der Waals surface area (Å²) in [6.45, 7) is 2.11. The van der Waals surface area contributed by atoms with Crippen LogP contribution >= 0.6 is 0 Å². The molecule has 1 unspecified atom stereocenters. The van der Waals surface area contributed by atoms with Crippen LogP contribution in [-0.4, -0.2) is 13.1 Å². The number of ether oxygens (including phenoxy) is 2. The number of unbranched alkanes of at least 4 members (excludes halogenated alkanes) is 1. The fraction of sp³-hybridized carbons (Fsp3) is 0.273. The molecule has 0 amide bonds. The van der Waals surface area contributed by atoms with E-state index in [2.05, 4.69) is 6.92 Å². The molecule has 1 atom stereocenters. The van der Waals surface area contributed by atoms with E-state index in [1.807, 2.05) is 24.3 Å². The Hall–Kier alpha value is -3.08. The summed E-state index contributed by atoms with van der Waals surface area (Å²) < 4.78 is 16.1. The Labute approximate surface area is 157 Å². The average molecular weight is 366 g/mol. The second-order valence-corrected chi connectivity index (χ2v) is 6.28. The van der Waals surface area contributed by atoms with E-state index in [1.54, 1.807) is 30.3 Å². The summed E-state index contributed by atoms with van der Waals surface area (Å²) >= 11 is 0. The Morgan fingerprint density at radius 3 is 2.59 bits per heavy atom. The van der Waals surface area contributed by atoms with Gasteiger partial charge in [-0.3, -0.25) is 0 Å². The normalized spacial score (nSPS) is 11.9. The highest BCUT2D eigenvalue weighted by Crippen LogP contribution is 2.28. The Morgan fingerprint density at radius 1 is 1.11 bits per heavy atom. The van der Waals surface area contributed by atoms with E-state index in [-0.39, 0.29) is 0 Å². The van der Waals surface area contributed by atoms with Gasteiger partial charge in [0.15, 0.2) is 0 Å². The molecule has 2 aromatic carbocycles. The van der Waals surface area contributed by atoms with Crippen molar-refractivity contribution < 1.29 is 18.7 Å².